The first kappa shape index (κ1) is 19.3. The van der Waals surface area contributed by atoms with E-state index in [4.69, 9.17) is 25.8 Å². The number of fused-ring (bicyclic) bond motifs is 1. The minimum absolute atomic E-state index is 0.0891. The second kappa shape index (κ2) is 8.97. The molecule has 7 heteroatoms. The van der Waals surface area contributed by atoms with Crippen LogP contribution in [0.3, 0.4) is 0 Å². The summed E-state index contributed by atoms with van der Waals surface area (Å²) >= 11 is 6.30. The number of nitrogens with zero attached hydrogens (tertiary/aromatic N) is 1. The Labute approximate surface area is 164 Å². The first-order valence-corrected chi connectivity index (χ1v) is 9.21. The average molecular weight is 391 g/mol. The van der Waals surface area contributed by atoms with Crippen molar-refractivity contribution in [3.63, 3.8) is 0 Å². The molecular weight excluding hydrogens is 368 g/mol. The molecule has 1 aliphatic rings. The maximum atomic E-state index is 12.4. The molecule has 0 atom stereocenters. The first-order chi connectivity index (χ1) is 13.1. The summed E-state index contributed by atoms with van der Waals surface area (Å²) in [5, 5.41) is 3.42. The molecular formula is C20H23ClN2O4. The Morgan fingerprint density at radius 3 is 2.85 bits per heavy atom. The Morgan fingerprint density at radius 2 is 2.07 bits per heavy atom. The van der Waals surface area contributed by atoms with Crippen LogP contribution in [0.2, 0.25) is 5.02 Å². The zero-order chi connectivity index (χ0) is 19.2. The highest BCUT2D eigenvalue weighted by Crippen LogP contribution is 2.38. The van der Waals surface area contributed by atoms with Crippen molar-refractivity contribution in [1.82, 2.24) is 4.90 Å². The molecule has 1 aliphatic heterocycles. The van der Waals surface area contributed by atoms with E-state index < -0.39 is 0 Å². The molecule has 2 aromatic rings. The SMILES string of the molecule is CCN(CC(=O)Nc1cccc(OC)c1)Cc1cc(Cl)c2c(c1)OCCO2. The quantitative estimate of drug-likeness (QED) is 0.783. The molecule has 0 saturated heterocycles. The van der Waals surface area contributed by atoms with Crippen molar-refractivity contribution in [3.8, 4) is 17.2 Å². The summed E-state index contributed by atoms with van der Waals surface area (Å²) in [5.41, 5.74) is 1.68. The van der Waals surface area contributed by atoms with E-state index >= 15 is 0 Å². The largest absolute Gasteiger partial charge is 0.497 e. The van der Waals surface area contributed by atoms with Crippen LogP contribution >= 0.6 is 11.6 Å². The van der Waals surface area contributed by atoms with Crippen LogP contribution in [0.5, 0.6) is 17.2 Å². The number of anilines is 1. The lowest BCUT2D eigenvalue weighted by Crippen LogP contribution is -2.32. The Balaban J connectivity index is 1.63. The van der Waals surface area contributed by atoms with Gasteiger partial charge in [0.2, 0.25) is 5.91 Å². The Bertz CT molecular complexity index is 813. The van der Waals surface area contributed by atoms with Crippen molar-refractivity contribution in [2.45, 2.75) is 13.5 Å². The van der Waals surface area contributed by atoms with E-state index in [1.807, 2.05) is 42.2 Å². The van der Waals surface area contributed by atoms with Crippen molar-refractivity contribution in [1.29, 1.82) is 0 Å². The van der Waals surface area contributed by atoms with Crippen LogP contribution in [-0.2, 0) is 11.3 Å². The zero-order valence-corrected chi connectivity index (χ0v) is 16.2. The number of rotatable bonds is 7. The smallest absolute Gasteiger partial charge is 0.238 e. The predicted molar refractivity (Wildman–Crippen MR) is 105 cm³/mol. The van der Waals surface area contributed by atoms with Crippen LogP contribution in [-0.4, -0.2) is 44.2 Å². The van der Waals surface area contributed by atoms with Gasteiger partial charge in [-0.15, -0.1) is 0 Å². The number of likely N-dealkylation sites (N-methyl/N-ethyl adjacent to an activating group) is 1. The monoisotopic (exact) mass is 390 g/mol. The Morgan fingerprint density at radius 1 is 1.26 bits per heavy atom. The van der Waals surface area contributed by atoms with Gasteiger partial charge in [0.1, 0.15) is 19.0 Å². The molecule has 0 radical (unpaired) electrons. The molecule has 2 aromatic carbocycles. The summed E-state index contributed by atoms with van der Waals surface area (Å²) in [7, 11) is 1.60. The second-order valence-electron chi connectivity index (χ2n) is 6.19. The van der Waals surface area contributed by atoms with Crippen LogP contribution in [0.1, 0.15) is 12.5 Å². The highest BCUT2D eigenvalue weighted by Gasteiger charge is 2.18. The second-order valence-corrected chi connectivity index (χ2v) is 6.59. The van der Waals surface area contributed by atoms with Crippen molar-refractivity contribution in [2.24, 2.45) is 0 Å². The summed E-state index contributed by atoms with van der Waals surface area (Å²) in [4.78, 5) is 14.4. The molecule has 0 aromatic heterocycles. The summed E-state index contributed by atoms with van der Waals surface area (Å²) in [6.45, 7) is 4.58. The summed E-state index contributed by atoms with van der Waals surface area (Å²) in [6, 6.07) is 11.1. The lowest BCUT2D eigenvalue weighted by atomic mass is 10.1. The molecule has 0 unspecified atom stereocenters. The van der Waals surface area contributed by atoms with Crippen molar-refractivity contribution in [3.05, 3.63) is 47.0 Å². The van der Waals surface area contributed by atoms with Gasteiger partial charge in [-0.3, -0.25) is 9.69 Å². The molecule has 144 valence electrons. The van der Waals surface area contributed by atoms with Crippen molar-refractivity contribution >= 4 is 23.2 Å². The van der Waals surface area contributed by atoms with E-state index in [1.165, 1.54) is 0 Å². The number of hydrogen-bond acceptors (Lipinski definition) is 5. The van der Waals surface area contributed by atoms with Crippen LogP contribution in [0.4, 0.5) is 5.69 Å². The maximum absolute atomic E-state index is 12.4. The van der Waals surface area contributed by atoms with E-state index in [-0.39, 0.29) is 12.5 Å². The lowest BCUT2D eigenvalue weighted by molar-refractivity contribution is -0.117. The predicted octanol–water partition coefficient (Wildman–Crippen LogP) is 3.58. The Kier molecular flexibility index (Phi) is 6.42. The van der Waals surface area contributed by atoms with Crippen molar-refractivity contribution < 1.29 is 19.0 Å². The first-order valence-electron chi connectivity index (χ1n) is 8.83. The average Bonchev–Trinajstić information content (AvgIpc) is 2.67. The number of ether oxygens (including phenoxy) is 3. The minimum Gasteiger partial charge on any atom is -0.497 e. The molecule has 1 N–H and O–H groups in total. The van der Waals surface area contributed by atoms with Gasteiger partial charge >= 0.3 is 0 Å². The van der Waals surface area contributed by atoms with E-state index in [0.717, 1.165) is 12.1 Å². The van der Waals surface area contributed by atoms with E-state index in [1.54, 1.807) is 13.2 Å². The third kappa shape index (κ3) is 5.05. The summed E-state index contributed by atoms with van der Waals surface area (Å²) in [6.07, 6.45) is 0. The van der Waals surface area contributed by atoms with Gasteiger partial charge in [-0.25, -0.2) is 0 Å². The number of carbonyl (C=O) groups excluding carboxylic acids is 1. The fourth-order valence-corrected chi connectivity index (χ4v) is 3.19. The van der Waals surface area contributed by atoms with E-state index in [2.05, 4.69) is 5.32 Å². The molecule has 27 heavy (non-hydrogen) atoms. The molecule has 0 fully saturated rings. The minimum atomic E-state index is -0.0891. The topological polar surface area (TPSA) is 60.0 Å². The number of halogens is 1. The van der Waals surface area contributed by atoms with Crippen LogP contribution in [0.15, 0.2) is 36.4 Å². The Hall–Kier alpha value is -2.44. The van der Waals surface area contributed by atoms with Gasteiger partial charge in [0, 0.05) is 18.3 Å². The van der Waals surface area contributed by atoms with Crippen molar-refractivity contribution in [2.75, 3.05) is 38.7 Å². The number of hydrogen-bond donors (Lipinski definition) is 1. The number of carbonyl (C=O) groups is 1. The highest BCUT2D eigenvalue weighted by atomic mass is 35.5. The lowest BCUT2D eigenvalue weighted by Gasteiger charge is -2.23. The standard InChI is InChI=1S/C20H23ClN2O4/c1-3-23(13-19(24)22-15-5-4-6-16(11-15)25-2)12-14-9-17(21)20-18(10-14)26-7-8-27-20/h4-6,9-11H,3,7-8,12-13H2,1-2H3,(H,22,24). The maximum Gasteiger partial charge on any atom is 0.238 e. The zero-order valence-electron chi connectivity index (χ0n) is 15.5. The molecule has 0 spiro atoms. The number of methoxy groups -OCH3 is 1. The highest BCUT2D eigenvalue weighted by molar-refractivity contribution is 6.32. The number of amides is 1. The molecule has 3 rings (SSSR count). The molecule has 6 nitrogen and oxygen atoms in total. The summed E-state index contributed by atoms with van der Waals surface area (Å²) in [5.74, 6) is 1.85. The van der Waals surface area contributed by atoms with Gasteiger partial charge in [0.05, 0.1) is 18.7 Å². The van der Waals surface area contributed by atoms with Gasteiger partial charge in [-0.05, 0) is 36.4 Å². The normalized spacial score (nSPS) is 12.7. The van der Waals surface area contributed by atoms with Crippen LogP contribution < -0.4 is 19.5 Å². The summed E-state index contributed by atoms with van der Waals surface area (Å²) < 4.78 is 16.3. The fourth-order valence-electron chi connectivity index (χ4n) is 2.90. The number of nitrogens with one attached hydrogen (secondary N) is 1. The third-order valence-electron chi connectivity index (χ3n) is 4.23. The van der Waals surface area contributed by atoms with E-state index in [0.29, 0.717) is 47.7 Å². The molecule has 0 aliphatic carbocycles. The van der Waals surface area contributed by atoms with Crippen LogP contribution in [0, 0.1) is 0 Å². The van der Waals surface area contributed by atoms with Crippen LogP contribution in [0.25, 0.3) is 0 Å². The number of benzene rings is 2. The van der Waals surface area contributed by atoms with Gasteiger partial charge in [-0.2, -0.15) is 0 Å². The van der Waals surface area contributed by atoms with Gasteiger partial charge < -0.3 is 19.5 Å². The fraction of sp³-hybridized carbons (Fsp3) is 0.350. The molecule has 0 bridgehead atoms. The third-order valence-corrected chi connectivity index (χ3v) is 4.51. The molecule has 1 heterocycles. The van der Waals surface area contributed by atoms with Gasteiger partial charge in [0.25, 0.3) is 0 Å². The van der Waals surface area contributed by atoms with E-state index in [9.17, 15) is 4.79 Å². The van der Waals surface area contributed by atoms with Gasteiger partial charge in [-0.1, -0.05) is 24.6 Å². The molecule has 1 amide bonds. The van der Waals surface area contributed by atoms with Gasteiger partial charge in [0.15, 0.2) is 11.5 Å². The molecule has 0 saturated carbocycles.